The molecule has 2 saturated heterocycles. The van der Waals surface area contributed by atoms with E-state index in [2.05, 4.69) is 0 Å². The second-order valence-corrected chi connectivity index (χ2v) is 6.88. The Bertz CT molecular complexity index is 611. The van der Waals surface area contributed by atoms with Crippen LogP contribution in [0.4, 0.5) is 0 Å². The lowest BCUT2D eigenvalue weighted by Crippen LogP contribution is -2.54. The topological polar surface area (TPSA) is 158 Å². The van der Waals surface area contributed by atoms with Crippen LogP contribution in [0.1, 0.15) is 5.56 Å². The van der Waals surface area contributed by atoms with E-state index >= 15 is 0 Å². The smallest absolute Gasteiger partial charge is 0.228 e. The van der Waals surface area contributed by atoms with Gasteiger partial charge in [-0.2, -0.15) is 0 Å². The molecule has 3 rings (SSSR count). The van der Waals surface area contributed by atoms with Crippen molar-refractivity contribution >= 4 is 0 Å². The van der Waals surface area contributed by atoms with Crippen LogP contribution in [0, 0.1) is 0 Å². The van der Waals surface area contributed by atoms with Gasteiger partial charge in [0.05, 0.1) is 19.8 Å². The Labute approximate surface area is 161 Å². The Balaban J connectivity index is 1.45. The normalized spacial score (nSPS) is 38.9. The molecule has 0 amide bonds. The van der Waals surface area contributed by atoms with Crippen LogP contribution in [0.3, 0.4) is 0 Å². The monoisotopic (exact) mass is 402 g/mol. The molecule has 0 aromatic heterocycles. The van der Waals surface area contributed by atoms with E-state index in [1.165, 1.54) is 0 Å². The van der Waals surface area contributed by atoms with Gasteiger partial charge in [-0.05, 0) is 24.1 Å². The molecule has 0 unspecified atom stereocenters. The minimum Gasteiger partial charge on any atom is -0.462 e. The lowest BCUT2D eigenvalue weighted by Gasteiger charge is -2.35. The summed E-state index contributed by atoms with van der Waals surface area (Å²) >= 11 is 0. The maximum atomic E-state index is 9.88. The molecule has 1 aromatic carbocycles. The number of aliphatic hydroxyl groups excluding tert-OH is 6. The summed E-state index contributed by atoms with van der Waals surface area (Å²) in [5.74, 6) is 0.417. The highest BCUT2D eigenvalue weighted by atomic mass is 16.7. The second kappa shape index (κ2) is 9.44. The van der Waals surface area contributed by atoms with Gasteiger partial charge in [-0.3, -0.25) is 0 Å². The van der Waals surface area contributed by atoms with E-state index < -0.39 is 49.2 Å². The number of benzene rings is 1. The Morgan fingerprint density at radius 1 is 0.750 bits per heavy atom. The fraction of sp³-hybridized carbons (Fsp3) is 0.667. The first-order valence-electron chi connectivity index (χ1n) is 9.05. The summed E-state index contributed by atoms with van der Waals surface area (Å²) in [5, 5.41) is 57.8. The largest absolute Gasteiger partial charge is 0.462 e. The van der Waals surface area contributed by atoms with Gasteiger partial charge in [0.2, 0.25) is 6.29 Å². The van der Waals surface area contributed by atoms with Crippen LogP contribution in [-0.2, 0) is 20.6 Å². The number of hydrogen-bond donors (Lipinski definition) is 6. The van der Waals surface area contributed by atoms with Gasteiger partial charge in [0.15, 0.2) is 6.29 Å². The van der Waals surface area contributed by atoms with E-state index in [-0.39, 0.29) is 19.8 Å². The number of rotatable bonds is 6. The van der Waals surface area contributed by atoms with Gasteiger partial charge in [-0.25, -0.2) is 0 Å². The van der Waals surface area contributed by atoms with Gasteiger partial charge >= 0.3 is 0 Å². The van der Waals surface area contributed by atoms with Crippen molar-refractivity contribution in [2.75, 3.05) is 19.8 Å². The molecule has 2 aliphatic rings. The highest BCUT2D eigenvalue weighted by molar-refractivity contribution is 5.27. The molecule has 6 N–H and O–H groups in total. The molecule has 10 nitrogen and oxygen atoms in total. The molecule has 1 aromatic rings. The maximum absolute atomic E-state index is 9.88. The Kier molecular flexibility index (Phi) is 7.20. The molecule has 10 heteroatoms. The molecule has 158 valence electrons. The minimum atomic E-state index is -1.37. The summed E-state index contributed by atoms with van der Waals surface area (Å²) in [4.78, 5) is 0. The molecular formula is C18H26O10. The van der Waals surface area contributed by atoms with Crippen LogP contribution in [0.25, 0.3) is 0 Å². The third kappa shape index (κ3) is 4.98. The highest BCUT2D eigenvalue weighted by Gasteiger charge is 2.39. The lowest BCUT2D eigenvalue weighted by atomic mass is 10.1. The summed E-state index contributed by atoms with van der Waals surface area (Å²) in [6.07, 6.45) is -9.24. The van der Waals surface area contributed by atoms with E-state index in [1.807, 2.05) is 0 Å². The molecule has 2 heterocycles. The average molecular weight is 402 g/mol. The zero-order valence-electron chi connectivity index (χ0n) is 15.1. The minimum absolute atomic E-state index is 0.115. The predicted molar refractivity (Wildman–Crippen MR) is 92.2 cm³/mol. The van der Waals surface area contributed by atoms with Gasteiger partial charge in [-0.1, -0.05) is 12.1 Å². The van der Waals surface area contributed by atoms with Crippen LogP contribution in [0.5, 0.6) is 5.75 Å². The Hall–Kier alpha value is -1.34. The molecule has 0 saturated carbocycles. The van der Waals surface area contributed by atoms with Gasteiger partial charge in [0.25, 0.3) is 0 Å². The average Bonchev–Trinajstić information content (AvgIpc) is 2.69. The van der Waals surface area contributed by atoms with E-state index in [0.29, 0.717) is 12.2 Å². The molecule has 2 aliphatic heterocycles. The fourth-order valence-electron chi connectivity index (χ4n) is 2.97. The van der Waals surface area contributed by atoms with Gasteiger partial charge in [0.1, 0.15) is 42.4 Å². The molecule has 0 bridgehead atoms. The van der Waals surface area contributed by atoms with Gasteiger partial charge < -0.3 is 49.6 Å². The summed E-state index contributed by atoms with van der Waals surface area (Å²) in [7, 11) is 0. The van der Waals surface area contributed by atoms with E-state index in [1.54, 1.807) is 24.3 Å². The summed E-state index contributed by atoms with van der Waals surface area (Å²) in [5.41, 5.74) is 0.902. The molecular weight excluding hydrogens is 376 g/mol. The summed E-state index contributed by atoms with van der Waals surface area (Å²) in [6.45, 7) is -0.0336. The molecule has 28 heavy (non-hydrogen) atoms. The van der Waals surface area contributed by atoms with Crippen LogP contribution in [0.2, 0.25) is 0 Å². The number of aliphatic hydroxyl groups is 6. The molecule has 0 aliphatic carbocycles. The third-order valence-corrected chi connectivity index (χ3v) is 4.76. The Morgan fingerprint density at radius 2 is 1.29 bits per heavy atom. The van der Waals surface area contributed by atoms with Crippen molar-refractivity contribution in [1.82, 2.24) is 0 Å². The van der Waals surface area contributed by atoms with E-state index in [0.717, 1.165) is 5.56 Å². The second-order valence-electron chi connectivity index (χ2n) is 6.88. The number of hydrogen-bond acceptors (Lipinski definition) is 10. The van der Waals surface area contributed by atoms with Crippen molar-refractivity contribution < 1.29 is 49.6 Å². The van der Waals surface area contributed by atoms with E-state index in [4.69, 9.17) is 18.9 Å². The van der Waals surface area contributed by atoms with Crippen LogP contribution in [0.15, 0.2) is 24.3 Å². The zero-order valence-corrected chi connectivity index (χ0v) is 15.1. The lowest BCUT2D eigenvalue weighted by molar-refractivity contribution is -0.269. The summed E-state index contributed by atoms with van der Waals surface area (Å²) < 4.78 is 21.3. The highest BCUT2D eigenvalue weighted by Crippen LogP contribution is 2.22. The van der Waals surface area contributed by atoms with Crippen LogP contribution < -0.4 is 4.74 Å². The molecule has 0 radical (unpaired) electrons. The maximum Gasteiger partial charge on any atom is 0.228 e. The van der Waals surface area contributed by atoms with E-state index in [9.17, 15) is 30.6 Å². The van der Waals surface area contributed by atoms with Crippen molar-refractivity contribution in [2.24, 2.45) is 0 Å². The third-order valence-electron chi connectivity index (χ3n) is 4.76. The molecule has 0 spiro atoms. The van der Waals surface area contributed by atoms with Crippen molar-refractivity contribution in [1.29, 1.82) is 0 Å². The van der Waals surface area contributed by atoms with Crippen molar-refractivity contribution in [3.63, 3.8) is 0 Å². The van der Waals surface area contributed by atoms with Gasteiger partial charge in [-0.15, -0.1) is 0 Å². The van der Waals surface area contributed by atoms with Crippen molar-refractivity contribution in [2.45, 2.75) is 55.6 Å². The van der Waals surface area contributed by atoms with Gasteiger partial charge in [0, 0.05) is 0 Å². The first-order valence-corrected chi connectivity index (χ1v) is 9.05. The fourth-order valence-corrected chi connectivity index (χ4v) is 2.97. The predicted octanol–water partition coefficient (Wildman–Crippen LogP) is -2.50. The first-order chi connectivity index (χ1) is 13.4. The van der Waals surface area contributed by atoms with Crippen LogP contribution >= 0.6 is 0 Å². The molecule has 8 atom stereocenters. The Morgan fingerprint density at radius 3 is 1.89 bits per heavy atom. The zero-order chi connectivity index (χ0) is 20.3. The molecule has 2 fully saturated rings. The number of ether oxygens (including phenoxy) is 4. The van der Waals surface area contributed by atoms with Crippen LogP contribution in [-0.4, -0.2) is 99.7 Å². The quantitative estimate of drug-likeness (QED) is 0.300. The van der Waals surface area contributed by atoms with Crippen molar-refractivity contribution in [3.05, 3.63) is 29.8 Å². The van der Waals surface area contributed by atoms with Crippen molar-refractivity contribution in [3.8, 4) is 5.75 Å². The summed E-state index contributed by atoms with van der Waals surface area (Å²) in [6, 6.07) is 6.87. The SMILES string of the molecule is O[C@@H]1[C@@H](O)[C@H](OCCc2ccc(O[C@@H]3OC[C@@H](O)[C@H](O)[C@H]3O)cc2)OC[C@H]1O. The standard InChI is InChI=1S/C18H26O10/c19-11-7-26-17(15(23)13(11)21)25-6-5-9-1-3-10(4-2-9)28-18-16(24)14(22)12(20)8-27-18/h1-4,11-24H,5-8H2/t11-,12-,13+,14+,15-,16-,17-,18+/m1/s1. The first kappa shape index (κ1) is 21.4.